The minimum atomic E-state index is -0.642. The number of halogens is 2. The summed E-state index contributed by atoms with van der Waals surface area (Å²) in [6.07, 6.45) is -0.642. The first-order valence-electron chi connectivity index (χ1n) is 4.86. The fourth-order valence-electron chi connectivity index (χ4n) is 1.56. The molecule has 1 N–H and O–H groups in total. The van der Waals surface area contributed by atoms with Crippen molar-refractivity contribution in [2.75, 3.05) is 0 Å². The molecule has 0 aliphatic carbocycles. The summed E-state index contributed by atoms with van der Waals surface area (Å²) in [5.41, 5.74) is 1.64. The lowest BCUT2D eigenvalue weighted by molar-refractivity contribution is 0.220. The maximum Gasteiger partial charge on any atom is 0.104 e. The van der Waals surface area contributed by atoms with Crippen LogP contribution in [0.3, 0.4) is 0 Å². The van der Waals surface area contributed by atoms with Crippen molar-refractivity contribution in [1.82, 2.24) is 0 Å². The zero-order chi connectivity index (χ0) is 11.5. The van der Waals surface area contributed by atoms with Gasteiger partial charge in [-0.05, 0) is 29.3 Å². The molecule has 16 heavy (non-hydrogen) atoms. The number of rotatable bonds is 2. The summed E-state index contributed by atoms with van der Waals surface area (Å²) >= 11 is 9.30. The van der Waals surface area contributed by atoms with E-state index >= 15 is 0 Å². The van der Waals surface area contributed by atoms with Crippen LogP contribution in [0.1, 0.15) is 17.2 Å². The minimum absolute atomic E-state index is 0.611. The summed E-state index contributed by atoms with van der Waals surface area (Å²) in [5, 5.41) is 10.8. The molecule has 3 heteroatoms. The maximum absolute atomic E-state index is 10.2. The van der Waals surface area contributed by atoms with E-state index < -0.39 is 6.10 Å². The highest BCUT2D eigenvalue weighted by molar-refractivity contribution is 9.10. The van der Waals surface area contributed by atoms with Crippen molar-refractivity contribution in [2.45, 2.75) is 6.10 Å². The summed E-state index contributed by atoms with van der Waals surface area (Å²) in [6.45, 7) is 0. The Labute approximate surface area is 108 Å². The molecule has 0 aliphatic rings. The van der Waals surface area contributed by atoms with Crippen molar-refractivity contribution in [2.24, 2.45) is 0 Å². The molecule has 2 aromatic carbocycles. The molecular weight excluding hydrogens is 287 g/mol. The maximum atomic E-state index is 10.2. The van der Waals surface area contributed by atoms with E-state index in [9.17, 15) is 5.11 Å². The minimum Gasteiger partial charge on any atom is -0.384 e. The van der Waals surface area contributed by atoms with Gasteiger partial charge in [0.05, 0.1) is 0 Å². The molecule has 2 aromatic rings. The molecule has 0 heterocycles. The fourth-order valence-corrected chi connectivity index (χ4v) is 2.45. The van der Waals surface area contributed by atoms with E-state index in [2.05, 4.69) is 15.9 Å². The lowest BCUT2D eigenvalue weighted by atomic mass is 10.0. The van der Waals surface area contributed by atoms with Crippen molar-refractivity contribution in [3.05, 3.63) is 69.2 Å². The number of hydrogen-bond donors (Lipinski definition) is 1. The van der Waals surface area contributed by atoms with Gasteiger partial charge in [-0.15, -0.1) is 0 Å². The SMILES string of the molecule is OC(c1ccccc1)c1cc(Cl)cc(Br)c1. The molecule has 0 saturated heterocycles. The Bertz CT molecular complexity index is 464. The summed E-state index contributed by atoms with van der Waals surface area (Å²) in [4.78, 5) is 0. The quantitative estimate of drug-likeness (QED) is 0.881. The van der Waals surface area contributed by atoms with E-state index in [1.165, 1.54) is 0 Å². The Hall–Kier alpha value is -0.830. The molecule has 1 nitrogen and oxygen atoms in total. The van der Waals surface area contributed by atoms with Gasteiger partial charge in [0, 0.05) is 9.50 Å². The molecule has 1 atom stereocenters. The van der Waals surface area contributed by atoms with Crippen molar-refractivity contribution < 1.29 is 5.11 Å². The fraction of sp³-hybridized carbons (Fsp3) is 0.0769. The normalized spacial score (nSPS) is 12.4. The summed E-state index contributed by atoms with van der Waals surface area (Å²) < 4.78 is 0.866. The Balaban J connectivity index is 2.37. The van der Waals surface area contributed by atoms with Crippen LogP contribution in [0.2, 0.25) is 5.02 Å². The van der Waals surface area contributed by atoms with Gasteiger partial charge in [0.25, 0.3) is 0 Å². The highest BCUT2D eigenvalue weighted by atomic mass is 79.9. The van der Waals surface area contributed by atoms with Gasteiger partial charge in [-0.1, -0.05) is 57.9 Å². The third kappa shape index (κ3) is 2.64. The van der Waals surface area contributed by atoms with Gasteiger partial charge in [0.1, 0.15) is 6.10 Å². The smallest absolute Gasteiger partial charge is 0.104 e. The standard InChI is InChI=1S/C13H10BrClO/c14-11-6-10(7-12(15)8-11)13(16)9-4-2-1-3-5-9/h1-8,13,16H. The van der Waals surface area contributed by atoms with Gasteiger partial charge in [-0.3, -0.25) is 0 Å². The number of aliphatic hydroxyl groups is 1. The van der Waals surface area contributed by atoms with Gasteiger partial charge < -0.3 is 5.11 Å². The van der Waals surface area contributed by atoms with Gasteiger partial charge in [0.15, 0.2) is 0 Å². The molecule has 82 valence electrons. The molecule has 0 fully saturated rings. The number of benzene rings is 2. The molecule has 0 radical (unpaired) electrons. The molecule has 0 aromatic heterocycles. The molecular formula is C13H10BrClO. The van der Waals surface area contributed by atoms with Crippen molar-refractivity contribution in [1.29, 1.82) is 0 Å². The molecule has 0 amide bonds. The Morgan fingerprint density at radius 3 is 2.31 bits per heavy atom. The second-order valence-corrected chi connectivity index (χ2v) is 4.87. The second kappa shape index (κ2) is 5.00. The first kappa shape index (κ1) is 11.6. The largest absolute Gasteiger partial charge is 0.384 e. The zero-order valence-corrected chi connectivity index (χ0v) is 10.7. The van der Waals surface area contributed by atoms with Crippen LogP contribution in [-0.4, -0.2) is 5.11 Å². The van der Waals surface area contributed by atoms with Crippen LogP contribution in [0.25, 0.3) is 0 Å². The monoisotopic (exact) mass is 296 g/mol. The lowest BCUT2D eigenvalue weighted by Gasteiger charge is -2.12. The molecule has 2 rings (SSSR count). The molecule has 0 saturated carbocycles. The van der Waals surface area contributed by atoms with Gasteiger partial charge in [-0.25, -0.2) is 0 Å². The topological polar surface area (TPSA) is 20.2 Å². The average molecular weight is 298 g/mol. The lowest BCUT2D eigenvalue weighted by Crippen LogP contribution is -1.99. The molecule has 0 bridgehead atoms. The third-order valence-corrected chi connectivity index (χ3v) is 2.99. The Morgan fingerprint density at radius 2 is 1.69 bits per heavy atom. The van der Waals surface area contributed by atoms with Crippen LogP contribution in [-0.2, 0) is 0 Å². The Morgan fingerprint density at radius 1 is 1.00 bits per heavy atom. The van der Waals surface area contributed by atoms with Crippen LogP contribution in [0, 0.1) is 0 Å². The van der Waals surface area contributed by atoms with Crippen LogP contribution in [0.15, 0.2) is 53.0 Å². The van der Waals surface area contributed by atoms with Gasteiger partial charge in [0.2, 0.25) is 0 Å². The third-order valence-electron chi connectivity index (χ3n) is 2.32. The van der Waals surface area contributed by atoms with Crippen molar-refractivity contribution >= 4 is 27.5 Å². The van der Waals surface area contributed by atoms with E-state index in [1.54, 1.807) is 12.1 Å². The van der Waals surface area contributed by atoms with Crippen molar-refractivity contribution in [3.8, 4) is 0 Å². The highest BCUT2D eigenvalue weighted by Gasteiger charge is 2.10. The predicted octanol–water partition coefficient (Wildman–Crippen LogP) is 4.18. The van der Waals surface area contributed by atoms with Gasteiger partial charge >= 0.3 is 0 Å². The zero-order valence-electron chi connectivity index (χ0n) is 8.40. The second-order valence-electron chi connectivity index (χ2n) is 3.52. The average Bonchev–Trinajstić information content (AvgIpc) is 2.28. The van der Waals surface area contributed by atoms with E-state index in [0.29, 0.717) is 5.02 Å². The van der Waals surface area contributed by atoms with E-state index in [0.717, 1.165) is 15.6 Å². The molecule has 1 unspecified atom stereocenters. The molecule has 0 aliphatic heterocycles. The number of hydrogen-bond acceptors (Lipinski definition) is 1. The predicted molar refractivity (Wildman–Crippen MR) is 69.7 cm³/mol. The first-order valence-corrected chi connectivity index (χ1v) is 6.03. The van der Waals surface area contributed by atoms with E-state index in [-0.39, 0.29) is 0 Å². The number of aliphatic hydroxyl groups excluding tert-OH is 1. The Kier molecular flexibility index (Phi) is 3.64. The van der Waals surface area contributed by atoms with Crippen LogP contribution in [0.5, 0.6) is 0 Å². The summed E-state index contributed by atoms with van der Waals surface area (Å²) in [7, 11) is 0. The summed E-state index contributed by atoms with van der Waals surface area (Å²) in [6, 6.07) is 14.9. The van der Waals surface area contributed by atoms with Crippen LogP contribution < -0.4 is 0 Å². The highest BCUT2D eigenvalue weighted by Crippen LogP contribution is 2.27. The van der Waals surface area contributed by atoms with E-state index in [1.807, 2.05) is 36.4 Å². The van der Waals surface area contributed by atoms with Crippen LogP contribution in [0.4, 0.5) is 0 Å². The molecule has 0 spiro atoms. The first-order chi connectivity index (χ1) is 7.66. The summed E-state index contributed by atoms with van der Waals surface area (Å²) in [5.74, 6) is 0. The van der Waals surface area contributed by atoms with Crippen LogP contribution >= 0.6 is 27.5 Å². The van der Waals surface area contributed by atoms with Crippen molar-refractivity contribution in [3.63, 3.8) is 0 Å². The van der Waals surface area contributed by atoms with E-state index in [4.69, 9.17) is 11.6 Å². The van der Waals surface area contributed by atoms with Gasteiger partial charge in [-0.2, -0.15) is 0 Å².